The third-order valence-electron chi connectivity index (χ3n) is 2.73. The van der Waals surface area contributed by atoms with Crippen molar-refractivity contribution in [3.05, 3.63) is 45.4 Å². The van der Waals surface area contributed by atoms with Crippen molar-refractivity contribution in [3.8, 4) is 5.75 Å². The fraction of sp³-hybridized carbons (Fsp3) is 0.357. The zero-order chi connectivity index (χ0) is 13.0. The fourth-order valence-corrected chi connectivity index (χ4v) is 2.46. The molecule has 18 heavy (non-hydrogen) atoms. The third-order valence-corrected chi connectivity index (χ3v) is 3.68. The highest BCUT2D eigenvalue weighted by molar-refractivity contribution is 7.09. The summed E-state index contributed by atoms with van der Waals surface area (Å²) in [5.74, 6) is 0.964. The van der Waals surface area contributed by atoms with E-state index in [2.05, 4.69) is 37.0 Å². The summed E-state index contributed by atoms with van der Waals surface area (Å²) < 4.78 is 5.80. The lowest BCUT2D eigenvalue weighted by molar-refractivity contribution is 0.319. The standard InChI is InChI=1S/C14H18N2OS/c1-10-3-4-11(2)13(7-10)17-6-5-14-16-12(8-15)9-18-14/h3-4,7,9H,5-6,8,15H2,1-2H3. The van der Waals surface area contributed by atoms with Crippen molar-refractivity contribution in [3.63, 3.8) is 0 Å². The molecule has 0 unspecified atom stereocenters. The Hall–Kier alpha value is -1.39. The van der Waals surface area contributed by atoms with Gasteiger partial charge in [-0.3, -0.25) is 0 Å². The Balaban J connectivity index is 1.90. The molecule has 0 radical (unpaired) electrons. The van der Waals surface area contributed by atoms with Gasteiger partial charge in [-0.05, 0) is 31.0 Å². The number of hydrogen-bond acceptors (Lipinski definition) is 4. The van der Waals surface area contributed by atoms with E-state index < -0.39 is 0 Å². The van der Waals surface area contributed by atoms with E-state index >= 15 is 0 Å². The Bertz CT molecular complexity index is 522. The summed E-state index contributed by atoms with van der Waals surface area (Å²) >= 11 is 1.65. The Kier molecular flexibility index (Phi) is 4.33. The molecule has 0 amide bonds. The molecule has 3 nitrogen and oxygen atoms in total. The van der Waals surface area contributed by atoms with E-state index in [-0.39, 0.29) is 0 Å². The van der Waals surface area contributed by atoms with Gasteiger partial charge in [-0.15, -0.1) is 11.3 Å². The predicted octanol–water partition coefficient (Wildman–Crippen LogP) is 2.84. The largest absolute Gasteiger partial charge is 0.493 e. The van der Waals surface area contributed by atoms with Gasteiger partial charge < -0.3 is 10.5 Å². The summed E-state index contributed by atoms with van der Waals surface area (Å²) in [4.78, 5) is 4.41. The molecule has 96 valence electrons. The van der Waals surface area contributed by atoms with Crippen LogP contribution < -0.4 is 10.5 Å². The van der Waals surface area contributed by atoms with Crippen molar-refractivity contribution in [1.82, 2.24) is 4.98 Å². The number of nitrogens with two attached hydrogens (primary N) is 1. The summed E-state index contributed by atoms with van der Waals surface area (Å²) in [5.41, 5.74) is 8.88. The second-order valence-corrected chi connectivity index (χ2v) is 5.25. The van der Waals surface area contributed by atoms with Crippen LogP contribution >= 0.6 is 11.3 Å². The number of thiazole rings is 1. The predicted molar refractivity (Wildman–Crippen MR) is 75.1 cm³/mol. The first-order valence-electron chi connectivity index (χ1n) is 6.02. The molecule has 0 aliphatic carbocycles. The number of aromatic nitrogens is 1. The molecule has 0 saturated carbocycles. The minimum Gasteiger partial charge on any atom is -0.493 e. The molecule has 0 spiro atoms. The minimum atomic E-state index is 0.508. The molecular weight excluding hydrogens is 244 g/mol. The van der Waals surface area contributed by atoms with Crippen molar-refractivity contribution >= 4 is 11.3 Å². The Morgan fingerprint density at radius 1 is 1.33 bits per heavy atom. The zero-order valence-electron chi connectivity index (χ0n) is 10.8. The molecule has 2 N–H and O–H groups in total. The molecule has 0 bridgehead atoms. The summed E-state index contributed by atoms with van der Waals surface area (Å²) in [7, 11) is 0. The van der Waals surface area contributed by atoms with Gasteiger partial charge in [0.05, 0.1) is 17.3 Å². The van der Waals surface area contributed by atoms with Gasteiger partial charge in [-0.2, -0.15) is 0 Å². The molecule has 1 aromatic heterocycles. The first kappa shape index (κ1) is 13.1. The van der Waals surface area contributed by atoms with Crippen molar-refractivity contribution in [1.29, 1.82) is 0 Å². The molecule has 0 saturated heterocycles. The number of ether oxygens (including phenoxy) is 1. The number of rotatable bonds is 5. The van der Waals surface area contributed by atoms with Crippen molar-refractivity contribution in [2.75, 3.05) is 6.61 Å². The van der Waals surface area contributed by atoms with Crippen LogP contribution in [0.2, 0.25) is 0 Å². The maximum atomic E-state index is 5.80. The fourth-order valence-electron chi connectivity index (χ4n) is 1.67. The van der Waals surface area contributed by atoms with Gasteiger partial charge in [0.2, 0.25) is 0 Å². The Morgan fingerprint density at radius 3 is 2.89 bits per heavy atom. The van der Waals surface area contributed by atoms with Gasteiger partial charge >= 0.3 is 0 Å². The van der Waals surface area contributed by atoms with E-state index in [1.54, 1.807) is 11.3 Å². The van der Waals surface area contributed by atoms with E-state index in [9.17, 15) is 0 Å². The quantitative estimate of drug-likeness (QED) is 0.901. The van der Waals surface area contributed by atoms with Crippen molar-refractivity contribution < 1.29 is 4.74 Å². The molecule has 0 aliphatic heterocycles. The van der Waals surface area contributed by atoms with E-state index in [0.717, 1.165) is 22.9 Å². The third kappa shape index (κ3) is 3.31. The maximum Gasteiger partial charge on any atom is 0.122 e. The van der Waals surface area contributed by atoms with Crippen LogP contribution in [0.15, 0.2) is 23.6 Å². The van der Waals surface area contributed by atoms with Gasteiger partial charge in [0, 0.05) is 18.3 Å². The van der Waals surface area contributed by atoms with Crippen LogP contribution in [0.1, 0.15) is 21.8 Å². The second-order valence-electron chi connectivity index (χ2n) is 4.30. The van der Waals surface area contributed by atoms with E-state index in [4.69, 9.17) is 10.5 Å². The summed E-state index contributed by atoms with van der Waals surface area (Å²) in [6.07, 6.45) is 0.831. The van der Waals surface area contributed by atoms with E-state index in [1.807, 2.05) is 5.38 Å². The van der Waals surface area contributed by atoms with E-state index in [0.29, 0.717) is 13.2 Å². The van der Waals surface area contributed by atoms with Crippen molar-refractivity contribution in [2.24, 2.45) is 5.73 Å². The van der Waals surface area contributed by atoms with Gasteiger partial charge in [0.15, 0.2) is 0 Å². The normalized spacial score (nSPS) is 10.6. The van der Waals surface area contributed by atoms with Crippen LogP contribution in [-0.2, 0) is 13.0 Å². The monoisotopic (exact) mass is 262 g/mol. The lowest BCUT2D eigenvalue weighted by Gasteiger charge is -2.08. The summed E-state index contributed by atoms with van der Waals surface area (Å²) in [6.45, 7) is 5.29. The number of benzene rings is 1. The maximum absolute atomic E-state index is 5.80. The van der Waals surface area contributed by atoms with Crippen LogP contribution in [0.4, 0.5) is 0 Å². The highest BCUT2D eigenvalue weighted by atomic mass is 32.1. The molecule has 2 rings (SSSR count). The highest BCUT2D eigenvalue weighted by Gasteiger charge is 2.03. The van der Waals surface area contributed by atoms with Crippen LogP contribution in [0.25, 0.3) is 0 Å². The molecular formula is C14H18N2OS. The van der Waals surface area contributed by atoms with Gasteiger partial charge in [0.25, 0.3) is 0 Å². The molecule has 2 aromatic rings. The number of hydrogen-bond donors (Lipinski definition) is 1. The molecule has 0 aliphatic rings. The van der Waals surface area contributed by atoms with Crippen LogP contribution in [-0.4, -0.2) is 11.6 Å². The van der Waals surface area contributed by atoms with Crippen molar-refractivity contribution in [2.45, 2.75) is 26.8 Å². The van der Waals surface area contributed by atoms with Gasteiger partial charge in [-0.25, -0.2) is 4.98 Å². The zero-order valence-corrected chi connectivity index (χ0v) is 11.6. The molecule has 1 aromatic carbocycles. The first-order chi connectivity index (χ1) is 8.69. The second kappa shape index (κ2) is 5.98. The Labute approximate surface area is 112 Å². The Morgan fingerprint density at radius 2 is 2.17 bits per heavy atom. The average Bonchev–Trinajstić information content (AvgIpc) is 2.81. The molecule has 0 atom stereocenters. The SMILES string of the molecule is Cc1ccc(C)c(OCCc2nc(CN)cs2)c1. The topological polar surface area (TPSA) is 48.1 Å². The molecule has 0 fully saturated rings. The van der Waals surface area contributed by atoms with Crippen LogP contribution in [0.5, 0.6) is 5.75 Å². The average molecular weight is 262 g/mol. The molecule has 1 heterocycles. The number of aryl methyl sites for hydroxylation is 2. The number of nitrogens with zero attached hydrogens (tertiary/aromatic N) is 1. The lowest BCUT2D eigenvalue weighted by Crippen LogP contribution is -2.03. The first-order valence-corrected chi connectivity index (χ1v) is 6.90. The lowest BCUT2D eigenvalue weighted by atomic mass is 10.1. The van der Waals surface area contributed by atoms with Crippen LogP contribution in [0.3, 0.4) is 0 Å². The summed E-state index contributed by atoms with van der Waals surface area (Å²) in [5, 5.41) is 3.09. The van der Waals surface area contributed by atoms with Gasteiger partial charge in [0.1, 0.15) is 5.75 Å². The smallest absolute Gasteiger partial charge is 0.122 e. The highest BCUT2D eigenvalue weighted by Crippen LogP contribution is 2.19. The summed E-state index contributed by atoms with van der Waals surface area (Å²) in [6, 6.07) is 6.25. The van der Waals surface area contributed by atoms with Crippen LogP contribution in [0, 0.1) is 13.8 Å². The van der Waals surface area contributed by atoms with E-state index in [1.165, 1.54) is 11.1 Å². The minimum absolute atomic E-state index is 0.508. The molecule has 4 heteroatoms. The van der Waals surface area contributed by atoms with Gasteiger partial charge in [-0.1, -0.05) is 12.1 Å².